The van der Waals surface area contributed by atoms with Crippen molar-refractivity contribution in [3.8, 4) is 0 Å². The van der Waals surface area contributed by atoms with Crippen LogP contribution in [-0.4, -0.2) is 21.6 Å². The van der Waals surface area contributed by atoms with Crippen LogP contribution in [0.25, 0.3) is 0 Å². The van der Waals surface area contributed by atoms with E-state index in [0.717, 1.165) is 12.1 Å². The average molecular weight is 373 g/mol. The number of nitrogens with zero attached hydrogens (tertiary/aromatic N) is 2. The Morgan fingerprint density at radius 1 is 1.08 bits per heavy atom. The maximum absolute atomic E-state index is 13.0. The third-order valence-electron chi connectivity index (χ3n) is 2.94. The number of benzene rings is 1. The molecule has 1 heterocycles. The first-order valence-electron chi connectivity index (χ1n) is 7.26. The molecule has 0 saturated heterocycles. The summed E-state index contributed by atoms with van der Waals surface area (Å²) in [5, 5.41) is 12.8. The maximum atomic E-state index is 13.0. The van der Waals surface area contributed by atoms with E-state index in [9.17, 15) is 18.0 Å². The van der Waals surface area contributed by atoms with E-state index in [0.29, 0.717) is 5.82 Å². The molecule has 0 unspecified atom stereocenters. The molecule has 5 nitrogen and oxygen atoms in total. The zero-order valence-electron chi connectivity index (χ0n) is 13.7. The number of amides is 1. The monoisotopic (exact) mass is 372 g/mol. The predicted molar refractivity (Wildman–Crippen MR) is 89.8 cm³/mol. The smallest absolute Gasteiger partial charge is 0.364 e. The average Bonchev–Trinajstić information content (AvgIpc) is 2.47. The molecule has 0 aliphatic carbocycles. The lowest BCUT2D eigenvalue weighted by Gasteiger charge is -2.20. The van der Waals surface area contributed by atoms with Gasteiger partial charge in [-0.15, -0.1) is 10.2 Å². The van der Waals surface area contributed by atoms with Crippen LogP contribution in [-0.2, 0) is 6.18 Å². The molecular formula is C16H16ClF3N4O. The molecule has 1 amide bonds. The Labute approximate surface area is 147 Å². The highest BCUT2D eigenvalue weighted by molar-refractivity contribution is 6.30. The highest BCUT2D eigenvalue weighted by atomic mass is 35.5. The molecule has 0 spiro atoms. The number of carbonyl (C=O) groups excluding carboxylic acids is 1. The summed E-state index contributed by atoms with van der Waals surface area (Å²) >= 11 is 5.60. The zero-order valence-corrected chi connectivity index (χ0v) is 14.5. The summed E-state index contributed by atoms with van der Waals surface area (Å²) in [6, 6.07) is 6.00. The Morgan fingerprint density at radius 3 is 2.28 bits per heavy atom. The van der Waals surface area contributed by atoms with Crippen molar-refractivity contribution >= 4 is 29.0 Å². The van der Waals surface area contributed by atoms with Gasteiger partial charge >= 0.3 is 6.18 Å². The van der Waals surface area contributed by atoms with Gasteiger partial charge in [-0.05, 0) is 51.1 Å². The van der Waals surface area contributed by atoms with Crippen molar-refractivity contribution in [1.82, 2.24) is 10.2 Å². The van der Waals surface area contributed by atoms with E-state index in [2.05, 4.69) is 20.8 Å². The van der Waals surface area contributed by atoms with Gasteiger partial charge in [0.2, 0.25) is 0 Å². The second-order valence-corrected chi connectivity index (χ2v) is 6.76. The van der Waals surface area contributed by atoms with Crippen LogP contribution in [0.1, 0.15) is 36.8 Å². The van der Waals surface area contributed by atoms with Crippen molar-refractivity contribution in [3.05, 3.63) is 46.6 Å². The molecule has 1 aromatic heterocycles. The van der Waals surface area contributed by atoms with Crippen LogP contribution in [0.5, 0.6) is 0 Å². The van der Waals surface area contributed by atoms with Gasteiger partial charge in [0.25, 0.3) is 5.91 Å². The summed E-state index contributed by atoms with van der Waals surface area (Å²) in [5.74, 6) is -0.353. The number of alkyl halides is 3. The zero-order chi connectivity index (χ0) is 18.8. The van der Waals surface area contributed by atoms with Gasteiger partial charge in [0.1, 0.15) is 5.82 Å². The summed E-state index contributed by atoms with van der Waals surface area (Å²) in [5.41, 5.74) is -1.79. The number of aromatic nitrogens is 2. The van der Waals surface area contributed by atoms with Gasteiger partial charge in [-0.3, -0.25) is 4.79 Å². The van der Waals surface area contributed by atoms with E-state index >= 15 is 0 Å². The quantitative estimate of drug-likeness (QED) is 0.825. The highest BCUT2D eigenvalue weighted by Gasteiger charge is 2.34. The SMILES string of the molecule is CC(C)(C)Nc1ccc(C(=O)Nc2ccc(Cl)cc2C(F)(F)F)nn1. The van der Waals surface area contributed by atoms with Gasteiger partial charge in [-0.25, -0.2) is 0 Å². The third kappa shape index (κ3) is 5.32. The molecule has 134 valence electrons. The minimum absolute atomic E-state index is 0.0808. The number of halogens is 4. The van der Waals surface area contributed by atoms with Gasteiger partial charge in [-0.1, -0.05) is 11.6 Å². The number of anilines is 2. The van der Waals surface area contributed by atoms with Crippen LogP contribution in [0.4, 0.5) is 24.7 Å². The predicted octanol–water partition coefficient (Wildman–Crippen LogP) is 4.61. The summed E-state index contributed by atoms with van der Waals surface area (Å²) in [6.07, 6.45) is -4.65. The molecule has 2 N–H and O–H groups in total. The number of hydrogen-bond acceptors (Lipinski definition) is 4. The molecule has 0 radical (unpaired) electrons. The van der Waals surface area contributed by atoms with E-state index in [-0.39, 0.29) is 16.3 Å². The van der Waals surface area contributed by atoms with Crippen molar-refractivity contribution in [3.63, 3.8) is 0 Å². The van der Waals surface area contributed by atoms with E-state index < -0.39 is 23.3 Å². The molecule has 9 heteroatoms. The minimum atomic E-state index is -4.65. The van der Waals surface area contributed by atoms with Crippen LogP contribution in [0.15, 0.2) is 30.3 Å². The van der Waals surface area contributed by atoms with Crippen molar-refractivity contribution in [2.45, 2.75) is 32.5 Å². The Bertz CT molecular complexity index is 770. The van der Waals surface area contributed by atoms with Gasteiger partial charge in [0, 0.05) is 10.6 Å². The van der Waals surface area contributed by atoms with Gasteiger partial charge < -0.3 is 10.6 Å². The Balaban J connectivity index is 2.20. The Hall–Kier alpha value is -2.35. The molecule has 25 heavy (non-hydrogen) atoms. The molecule has 2 aromatic rings. The van der Waals surface area contributed by atoms with Crippen molar-refractivity contribution < 1.29 is 18.0 Å². The van der Waals surface area contributed by atoms with Crippen molar-refractivity contribution in [2.24, 2.45) is 0 Å². The fraction of sp³-hybridized carbons (Fsp3) is 0.312. The fourth-order valence-corrected chi connectivity index (χ4v) is 2.12. The van der Waals surface area contributed by atoms with Gasteiger partial charge in [0.15, 0.2) is 5.69 Å². The van der Waals surface area contributed by atoms with E-state index in [1.54, 1.807) is 0 Å². The number of nitrogens with one attached hydrogen (secondary N) is 2. The van der Waals surface area contributed by atoms with Crippen molar-refractivity contribution in [2.75, 3.05) is 10.6 Å². The Morgan fingerprint density at radius 2 is 1.76 bits per heavy atom. The summed E-state index contributed by atoms with van der Waals surface area (Å²) < 4.78 is 39.1. The highest BCUT2D eigenvalue weighted by Crippen LogP contribution is 2.36. The summed E-state index contributed by atoms with van der Waals surface area (Å²) in [7, 11) is 0. The van der Waals surface area contributed by atoms with Crippen LogP contribution in [0.3, 0.4) is 0 Å². The maximum Gasteiger partial charge on any atom is 0.418 e. The minimum Gasteiger partial charge on any atom is -0.364 e. The molecule has 0 atom stereocenters. The topological polar surface area (TPSA) is 66.9 Å². The lowest BCUT2D eigenvalue weighted by molar-refractivity contribution is -0.136. The molecule has 0 saturated carbocycles. The lowest BCUT2D eigenvalue weighted by atomic mass is 10.1. The first-order valence-corrected chi connectivity index (χ1v) is 7.63. The summed E-state index contributed by atoms with van der Waals surface area (Å²) in [4.78, 5) is 12.1. The first kappa shape index (κ1) is 19.0. The summed E-state index contributed by atoms with van der Waals surface area (Å²) in [6.45, 7) is 5.78. The number of hydrogen-bond donors (Lipinski definition) is 2. The largest absolute Gasteiger partial charge is 0.418 e. The molecule has 1 aromatic carbocycles. The van der Waals surface area contributed by atoms with Crippen molar-refractivity contribution in [1.29, 1.82) is 0 Å². The molecule has 0 aliphatic heterocycles. The third-order valence-corrected chi connectivity index (χ3v) is 3.17. The van der Waals surface area contributed by atoms with Crippen LogP contribution in [0, 0.1) is 0 Å². The van der Waals surface area contributed by atoms with E-state index in [1.807, 2.05) is 20.8 Å². The van der Waals surface area contributed by atoms with E-state index in [1.165, 1.54) is 18.2 Å². The van der Waals surface area contributed by atoms with Crippen LogP contribution < -0.4 is 10.6 Å². The van der Waals surface area contributed by atoms with Gasteiger partial charge in [-0.2, -0.15) is 13.2 Å². The molecule has 2 rings (SSSR count). The van der Waals surface area contributed by atoms with E-state index in [4.69, 9.17) is 11.6 Å². The second-order valence-electron chi connectivity index (χ2n) is 6.32. The van der Waals surface area contributed by atoms with Crippen LogP contribution in [0.2, 0.25) is 5.02 Å². The molecule has 0 fully saturated rings. The second kappa shape index (κ2) is 6.87. The van der Waals surface area contributed by atoms with Gasteiger partial charge in [0.05, 0.1) is 11.3 Å². The number of rotatable bonds is 3. The molecule has 0 bridgehead atoms. The lowest BCUT2D eigenvalue weighted by Crippen LogP contribution is -2.27. The molecule has 0 aliphatic rings. The molecular weight excluding hydrogens is 357 g/mol. The standard InChI is InChI=1S/C16H16ClF3N4O/c1-15(2,3)22-13-7-6-12(23-24-13)14(25)21-11-5-4-9(17)8-10(11)16(18,19)20/h4-8H,1-3H3,(H,21,25)(H,22,24). The Kier molecular flexibility index (Phi) is 5.22. The van der Waals surface area contributed by atoms with Crippen LogP contribution >= 0.6 is 11.6 Å². The number of carbonyl (C=O) groups is 1. The first-order chi connectivity index (χ1) is 11.5. The normalized spacial score (nSPS) is 12.0. The fourth-order valence-electron chi connectivity index (χ4n) is 1.95.